The van der Waals surface area contributed by atoms with E-state index in [1.54, 1.807) is 0 Å². The Hall–Kier alpha value is -2.06. The molecule has 0 aliphatic heterocycles. The third kappa shape index (κ3) is 5.05. The molecule has 2 heteroatoms. The monoisotopic (exact) mass is 296 g/mol. The van der Waals surface area contributed by atoms with Crippen LogP contribution >= 0.6 is 0 Å². The highest BCUT2D eigenvalue weighted by Crippen LogP contribution is 2.15. The molecule has 22 heavy (non-hydrogen) atoms. The largest absolute Gasteiger partial charge is 0.487 e. The lowest BCUT2D eigenvalue weighted by molar-refractivity contribution is -0.894. The van der Waals surface area contributed by atoms with Crippen molar-refractivity contribution in [1.82, 2.24) is 0 Å². The van der Waals surface area contributed by atoms with Crippen molar-refractivity contribution in [3.05, 3.63) is 65.7 Å². The molecule has 2 aromatic carbocycles. The van der Waals surface area contributed by atoms with Crippen LogP contribution in [0, 0.1) is 0 Å². The van der Waals surface area contributed by atoms with Gasteiger partial charge in [0.2, 0.25) is 0 Å². The molecule has 2 rings (SSSR count). The zero-order valence-corrected chi connectivity index (χ0v) is 14.0. The van der Waals surface area contributed by atoms with E-state index < -0.39 is 0 Å². The van der Waals surface area contributed by atoms with Crippen molar-refractivity contribution in [2.45, 2.75) is 13.0 Å². The van der Waals surface area contributed by atoms with Crippen molar-refractivity contribution in [1.29, 1.82) is 0 Å². The van der Waals surface area contributed by atoms with E-state index in [0.717, 1.165) is 16.8 Å². The number of rotatable bonds is 6. The van der Waals surface area contributed by atoms with Crippen LogP contribution in [0.15, 0.2) is 54.6 Å². The molecule has 2 aromatic rings. The van der Waals surface area contributed by atoms with E-state index in [4.69, 9.17) is 4.74 Å². The summed E-state index contributed by atoms with van der Waals surface area (Å²) >= 11 is 0. The summed E-state index contributed by atoms with van der Waals surface area (Å²) in [6.07, 6.45) is 4.24. The lowest BCUT2D eigenvalue weighted by Crippen LogP contribution is -2.46. The molecule has 0 radical (unpaired) electrons. The summed E-state index contributed by atoms with van der Waals surface area (Å²) in [7, 11) is 6.56. The molecule has 0 unspecified atom stereocenters. The fraction of sp³-hybridized carbons (Fsp3) is 0.300. The molecule has 0 aliphatic carbocycles. The minimum Gasteiger partial charge on any atom is -0.487 e. The summed E-state index contributed by atoms with van der Waals surface area (Å²) < 4.78 is 6.77. The Morgan fingerprint density at radius 2 is 1.41 bits per heavy atom. The molecule has 2 nitrogen and oxygen atoms in total. The van der Waals surface area contributed by atoms with Crippen LogP contribution in [-0.4, -0.2) is 38.3 Å². The summed E-state index contributed by atoms with van der Waals surface area (Å²) in [4.78, 5) is 0. The average Bonchev–Trinajstić information content (AvgIpc) is 2.51. The van der Waals surface area contributed by atoms with Crippen LogP contribution < -0.4 is 4.74 Å². The van der Waals surface area contributed by atoms with Gasteiger partial charge < -0.3 is 9.22 Å². The van der Waals surface area contributed by atoms with Gasteiger partial charge in [-0.05, 0) is 30.2 Å². The van der Waals surface area contributed by atoms with Gasteiger partial charge in [-0.3, -0.25) is 0 Å². The zero-order valence-electron chi connectivity index (χ0n) is 14.0. The summed E-state index contributed by atoms with van der Waals surface area (Å²) in [5.41, 5.74) is 2.38. The van der Waals surface area contributed by atoms with Gasteiger partial charge in [0.25, 0.3) is 0 Å². The fourth-order valence-electron chi connectivity index (χ4n) is 1.87. The normalized spacial score (nSPS) is 13.3. The molecule has 0 aromatic heterocycles. The molecule has 0 aliphatic rings. The highest BCUT2D eigenvalue weighted by molar-refractivity contribution is 5.69. The Labute approximate surface area is 134 Å². The second-order valence-corrected chi connectivity index (χ2v) is 6.59. The quantitative estimate of drug-likeness (QED) is 0.569. The summed E-state index contributed by atoms with van der Waals surface area (Å²) in [5.74, 6) is 0.928. The van der Waals surface area contributed by atoms with Gasteiger partial charge in [0.15, 0.2) is 0 Å². The van der Waals surface area contributed by atoms with E-state index in [9.17, 15) is 0 Å². The van der Waals surface area contributed by atoms with Gasteiger partial charge in [0.05, 0.1) is 21.1 Å². The molecule has 0 fully saturated rings. The van der Waals surface area contributed by atoms with E-state index in [0.29, 0.717) is 6.04 Å². The average molecular weight is 296 g/mol. The van der Waals surface area contributed by atoms with Gasteiger partial charge in [-0.1, -0.05) is 54.6 Å². The van der Waals surface area contributed by atoms with Gasteiger partial charge in [-0.2, -0.15) is 0 Å². The molecule has 0 amide bonds. The molecule has 0 bridgehead atoms. The molecule has 0 N–H and O–H groups in total. The topological polar surface area (TPSA) is 9.23 Å². The van der Waals surface area contributed by atoms with Crippen molar-refractivity contribution in [3.63, 3.8) is 0 Å². The number of benzene rings is 2. The number of hydrogen-bond donors (Lipinski definition) is 0. The zero-order chi connectivity index (χ0) is 16.0. The molecule has 0 saturated heterocycles. The van der Waals surface area contributed by atoms with Crippen molar-refractivity contribution in [2.24, 2.45) is 0 Å². The van der Waals surface area contributed by atoms with Crippen LogP contribution in [0.1, 0.15) is 18.1 Å². The number of nitrogens with zero attached hydrogens (tertiary/aromatic N) is 1. The second-order valence-electron chi connectivity index (χ2n) is 6.59. The Morgan fingerprint density at radius 3 is 1.95 bits per heavy atom. The minimum absolute atomic E-state index is 0.456. The SMILES string of the molecule is C[C@@H](COc1ccc(/C=C/c2ccccc2)cc1)[N+](C)(C)C. The Balaban J connectivity index is 1.92. The van der Waals surface area contributed by atoms with Crippen LogP contribution in [0.4, 0.5) is 0 Å². The van der Waals surface area contributed by atoms with E-state index in [1.807, 2.05) is 30.3 Å². The van der Waals surface area contributed by atoms with Crippen LogP contribution in [0.3, 0.4) is 0 Å². The predicted molar refractivity (Wildman–Crippen MR) is 94.8 cm³/mol. The van der Waals surface area contributed by atoms with E-state index in [-0.39, 0.29) is 0 Å². The summed E-state index contributed by atoms with van der Waals surface area (Å²) in [6, 6.07) is 19.0. The highest BCUT2D eigenvalue weighted by Gasteiger charge is 2.18. The molecule has 116 valence electrons. The number of ether oxygens (including phenoxy) is 1. The molecular weight excluding hydrogens is 270 g/mol. The van der Waals surface area contributed by atoms with Crippen molar-refractivity contribution < 1.29 is 9.22 Å². The van der Waals surface area contributed by atoms with Gasteiger partial charge in [0, 0.05) is 0 Å². The van der Waals surface area contributed by atoms with Crippen molar-refractivity contribution >= 4 is 12.2 Å². The highest BCUT2D eigenvalue weighted by atomic mass is 16.5. The van der Waals surface area contributed by atoms with Crippen LogP contribution in [0.5, 0.6) is 5.75 Å². The fourth-order valence-corrected chi connectivity index (χ4v) is 1.87. The smallest absolute Gasteiger partial charge is 0.140 e. The van der Waals surface area contributed by atoms with E-state index in [1.165, 1.54) is 11.1 Å². The van der Waals surface area contributed by atoms with E-state index >= 15 is 0 Å². The summed E-state index contributed by atoms with van der Waals surface area (Å²) in [6.45, 7) is 2.93. The van der Waals surface area contributed by atoms with Gasteiger partial charge in [-0.25, -0.2) is 0 Å². The third-order valence-corrected chi connectivity index (χ3v) is 3.96. The molecule has 0 spiro atoms. The van der Waals surface area contributed by atoms with Gasteiger partial charge in [0.1, 0.15) is 18.4 Å². The minimum atomic E-state index is 0.456. The maximum absolute atomic E-state index is 5.87. The predicted octanol–water partition coefficient (Wildman–Crippen LogP) is 4.33. The lowest BCUT2D eigenvalue weighted by Gasteiger charge is -2.31. The lowest BCUT2D eigenvalue weighted by atomic mass is 10.1. The third-order valence-electron chi connectivity index (χ3n) is 3.96. The maximum atomic E-state index is 5.87. The Bertz CT molecular complexity index is 594. The second kappa shape index (κ2) is 7.28. The number of likely N-dealkylation sites (N-methyl/N-ethyl adjacent to an activating group) is 1. The van der Waals surface area contributed by atoms with Crippen molar-refractivity contribution in [3.8, 4) is 5.75 Å². The molecule has 1 atom stereocenters. The van der Waals surface area contributed by atoms with E-state index in [2.05, 4.69) is 64.5 Å². The first-order valence-corrected chi connectivity index (χ1v) is 7.72. The first-order chi connectivity index (χ1) is 10.4. The first-order valence-electron chi connectivity index (χ1n) is 7.72. The van der Waals surface area contributed by atoms with Crippen molar-refractivity contribution in [2.75, 3.05) is 27.7 Å². The molecule has 0 saturated carbocycles. The van der Waals surface area contributed by atoms with Crippen LogP contribution in [-0.2, 0) is 0 Å². The van der Waals surface area contributed by atoms with Crippen LogP contribution in [0.2, 0.25) is 0 Å². The number of hydrogen-bond acceptors (Lipinski definition) is 1. The van der Waals surface area contributed by atoms with Gasteiger partial charge >= 0.3 is 0 Å². The van der Waals surface area contributed by atoms with Gasteiger partial charge in [-0.15, -0.1) is 0 Å². The Morgan fingerprint density at radius 1 is 0.864 bits per heavy atom. The maximum Gasteiger partial charge on any atom is 0.140 e. The molecule has 0 heterocycles. The standard InChI is InChI=1S/C20H26NO/c1-17(21(2,3)4)16-22-20-14-12-19(13-15-20)11-10-18-8-6-5-7-9-18/h5-15,17H,16H2,1-4H3/q+1/b11-10+/t17-/m0/s1. The number of quaternary nitrogens is 1. The molecular formula is C20H26NO+. The first kappa shape index (κ1) is 16.3. The summed E-state index contributed by atoms with van der Waals surface area (Å²) in [5, 5.41) is 0. The van der Waals surface area contributed by atoms with Crippen LogP contribution in [0.25, 0.3) is 12.2 Å². The Kier molecular flexibility index (Phi) is 5.40.